The van der Waals surface area contributed by atoms with Crippen LogP contribution >= 0.6 is 0 Å². The number of esters is 1. The van der Waals surface area contributed by atoms with Gasteiger partial charge in [-0.25, -0.2) is 12.7 Å². The average molecular weight is 253 g/mol. The van der Waals surface area contributed by atoms with Crippen LogP contribution in [0.25, 0.3) is 0 Å². The molecule has 16 heavy (non-hydrogen) atoms. The molecule has 1 N–H and O–H groups in total. The van der Waals surface area contributed by atoms with E-state index in [4.69, 9.17) is 5.11 Å². The van der Waals surface area contributed by atoms with Gasteiger partial charge in [0, 0.05) is 20.0 Å². The number of hydrogen-bond acceptors (Lipinski definition) is 5. The van der Waals surface area contributed by atoms with E-state index in [9.17, 15) is 18.0 Å². The summed E-state index contributed by atoms with van der Waals surface area (Å²) in [6.45, 7) is 0.0611. The van der Waals surface area contributed by atoms with E-state index in [0.717, 1.165) is 11.4 Å². The smallest absolute Gasteiger partial charge is 0.322 e. The first-order valence-corrected chi connectivity index (χ1v) is 6.13. The summed E-state index contributed by atoms with van der Waals surface area (Å²) in [6, 6.07) is 0. The van der Waals surface area contributed by atoms with Crippen LogP contribution in [0.3, 0.4) is 0 Å². The zero-order valence-corrected chi connectivity index (χ0v) is 9.99. The van der Waals surface area contributed by atoms with Crippen molar-refractivity contribution in [3.05, 3.63) is 0 Å². The Hall–Kier alpha value is -1.15. The van der Waals surface area contributed by atoms with E-state index >= 15 is 0 Å². The number of carboxylic acid groups (broad SMARTS) is 1. The van der Waals surface area contributed by atoms with Crippen LogP contribution < -0.4 is 0 Å². The molecule has 0 rings (SSSR count). The molecule has 0 heterocycles. The zero-order chi connectivity index (χ0) is 12.8. The molecule has 0 radical (unpaired) electrons. The van der Waals surface area contributed by atoms with Crippen LogP contribution in [0.15, 0.2) is 0 Å². The van der Waals surface area contributed by atoms with Gasteiger partial charge in [0.05, 0.1) is 7.11 Å². The first kappa shape index (κ1) is 14.8. The first-order valence-electron chi connectivity index (χ1n) is 4.52. The van der Waals surface area contributed by atoms with Crippen LogP contribution in [-0.2, 0) is 24.3 Å². The molecule has 0 aliphatic carbocycles. The van der Waals surface area contributed by atoms with E-state index in [0.29, 0.717) is 0 Å². The number of carboxylic acids is 1. The molecule has 0 unspecified atom stereocenters. The molecule has 0 amide bonds. The largest absolute Gasteiger partial charge is 0.481 e. The summed E-state index contributed by atoms with van der Waals surface area (Å²) >= 11 is 0. The molecule has 8 heteroatoms. The number of nitrogens with zero attached hydrogens (tertiary/aromatic N) is 1. The molecule has 0 atom stereocenters. The van der Waals surface area contributed by atoms with E-state index in [2.05, 4.69) is 4.74 Å². The predicted octanol–water partition coefficient (Wildman–Crippen LogP) is -0.714. The summed E-state index contributed by atoms with van der Waals surface area (Å²) in [5, 5.41) is 8.37. The van der Waals surface area contributed by atoms with E-state index in [1.54, 1.807) is 0 Å². The van der Waals surface area contributed by atoms with E-state index < -0.39 is 27.7 Å². The van der Waals surface area contributed by atoms with Crippen molar-refractivity contribution >= 4 is 22.0 Å². The lowest BCUT2D eigenvalue weighted by Crippen LogP contribution is -2.33. The van der Waals surface area contributed by atoms with Gasteiger partial charge in [-0.05, 0) is 6.42 Å². The Kier molecular flexibility index (Phi) is 5.97. The van der Waals surface area contributed by atoms with Gasteiger partial charge in [0.1, 0.15) is 0 Å². The normalized spacial score (nSPS) is 11.4. The highest BCUT2D eigenvalue weighted by Gasteiger charge is 2.22. The Morgan fingerprint density at radius 3 is 2.38 bits per heavy atom. The number of sulfonamides is 1. The third-order valence-electron chi connectivity index (χ3n) is 1.87. The van der Waals surface area contributed by atoms with Gasteiger partial charge >= 0.3 is 11.9 Å². The molecule has 0 aliphatic rings. The van der Waals surface area contributed by atoms with Crippen LogP contribution in [0, 0.1) is 0 Å². The summed E-state index contributed by atoms with van der Waals surface area (Å²) in [6.07, 6.45) is 0.0876. The van der Waals surface area contributed by atoms with Crippen LogP contribution in [0.2, 0.25) is 0 Å². The molecule has 0 saturated carbocycles. The topological polar surface area (TPSA) is 101 Å². The molecule has 0 spiro atoms. The molecule has 7 nitrogen and oxygen atoms in total. The Morgan fingerprint density at radius 2 is 1.94 bits per heavy atom. The molecule has 94 valence electrons. The standard InChI is InChI=1S/C8H15NO6S/c1-9(5-3-4-7(10)11)16(13,14)6-8(12)15-2/h3-6H2,1-2H3,(H,10,11). The molecule has 0 bridgehead atoms. The third kappa shape index (κ3) is 5.66. The lowest BCUT2D eigenvalue weighted by atomic mass is 10.3. The molecule has 0 aromatic carbocycles. The lowest BCUT2D eigenvalue weighted by Gasteiger charge is -2.15. The van der Waals surface area contributed by atoms with Gasteiger partial charge in [-0.2, -0.15) is 0 Å². The Balaban J connectivity index is 4.20. The van der Waals surface area contributed by atoms with Crippen molar-refractivity contribution in [3.63, 3.8) is 0 Å². The summed E-state index contributed by atoms with van der Waals surface area (Å²) in [7, 11) is -1.31. The highest BCUT2D eigenvalue weighted by molar-refractivity contribution is 7.89. The Bertz CT molecular complexity index is 350. The van der Waals surface area contributed by atoms with Crippen molar-refractivity contribution in [2.45, 2.75) is 12.8 Å². The Morgan fingerprint density at radius 1 is 1.38 bits per heavy atom. The second-order valence-electron chi connectivity index (χ2n) is 3.15. The number of methoxy groups -OCH3 is 1. The van der Waals surface area contributed by atoms with E-state index in [1.165, 1.54) is 7.05 Å². The van der Waals surface area contributed by atoms with Crippen molar-refractivity contribution in [1.82, 2.24) is 4.31 Å². The minimum absolute atomic E-state index is 0.0611. The van der Waals surface area contributed by atoms with E-state index in [-0.39, 0.29) is 19.4 Å². The van der Waals surface area contributed by atoms with Gasteiger partial charge in [0.2, 0.25) is 10.0 Å². The molecule has 0 aromatic heterocycles. The maximum Gasteiger partial charge on any atom is 0.322 e. The van der Waals surface area contributed by atoms with Crippen molar-refractivity contribution in [1.29, 1.82) is 0 Å². The van der Waals surface area contributed by atoms with Gasteiger partial charge < -0.3 is 9.84 Å². The van der Waals surface area contributed by atoms with E-state index in [1.807, 2.05) is 0 Å². The summed E-state index contributed by atoms with van der Waals surface area (Å²) in [4.78, 5) is 21.0. The number of ether oxygens (including phenoxy) is 1. The zero-order valence-electron chi connectivity index (χ0n) is 9.17. The fourth-order valence-electron chi connectivity index (χ4n) is 0.910. The molecule has 0 saturated heterocycles. The van der Waals surface area contributed by atoms with Gasteiger partial charge in [-0.1, -0.05) is 0 Å². The summed E-state index contributed by atoms with van der Waals surface area (Å²) < 4.78 is 28.1. The maximum atomic E-state index is 11.5. The highest BCUT2D eigenvalue weighted by atomic mass is 32.2. The number of carbonyl (C=O) groups is 2. The molecular weight excluding hydrogens is 238 g/mol. The second kappa shape index (κ2) is 6.44. The monoisotopic (exact) mass is 253 g/mol. The number of hydrogen-bond donors (Lipinski definition) is 1. The van der Waals surface area contributed by atoms with Crippen LogP contribution in [0.4, 0.5) is 0 Å². The summed E-state index contributed by atoms with van der Waals surface area (Å²) in [5.74, 6) is -2.56. The molecule has 0 fully saturated rings. The van der Waals surface area contributed by atoms with Crippen molar-refractivity contribution in [3.8, 4) is 0 Å². The lowest BCUT2D eigenvalue weighted by molar-refractivity contribution is -0.138. The van der Waals surface area contributed by atoms with Crippen molar-refractivity contribution in [2.75, 3.05) is 26.5 Å². The fourth-order valence-corrected chi connectivity index (χ4v) is 1.95. The minimum atomic E-state index is -3.70. The summed E-state index contributed by atoms with van der Waals surface area (Å²) in [5.41, 5.74) is 0. The molecular formula is C8H15NO6S. The van der Waals surface area contributed by atoms with Crippen LogP contribution in [0.5, 0.6) is 0 Å². The second-order valence-corrected chi connectivity index (χ2v) is 5.23. The van der Waals surface area contributed by atoms with Gasteiger partial charge in [0.15, 0.2) is 5.75 Å². The SMILES string of the molecule is COC(=O)CS(=O)(=O)N(C)CCCC(=O)O. The predicted molar refractivity (Wildman–Crippen MR) is 55.3 cm³/mol. The minimum Gasteiger partial charge on any atom is -0.481 e. The van der Waals surface area contributed by atoms with Crippen molar-refractivity contribution in [2.24, 2.45) is 0 Å². The van der Waals surface area contributed by atoms with Crippen molar-refractivity contribution < 1.29 is 27.9 Å². The van der Waals surface area contributed by atoms with Crippen LogP contribution in [-0.4, -0.2) is 56.2 Å². The molecule has 0 aromatic rings. The number of rotatable bonds is 7. The number of aliphatic carboxylic acids is 1. The molecule has 0 aliphatic heterocycles. The average Bonchev–Trinajstić information content (AvgIpc) is 2.16. The third-order valence-corrected chi connectivity index (χ3v) is 3.60. The van der Waals surface area contributed by atoms with Gasteiger partial charge in [-0.3, -0.25) is 9.59 Å². The number of carbonyl (C=O) groups excluding carboxylic acids is 1. The fraction of sp³-hybridized carbons (Fsp3) is 0.750. The Labute approximate surface area is 94.0 Å². The maximum absolute atomic E-state index is 11.5. The quantitative estimate of drug-likeness (QED) is 0.601. The van der Waals surface area contributed by atoms with Gasteiger partial charge in [-0.15, -0.1) is 0 Å². The van der Waals surface area contributed by atoms with Crippen LogP contribution in [0.1, 0.15) is 12.8 Å². The highest BCUT2D eigenvalue weighted by Crippen LogP contribution is 2.02. The van der Waals surface area contributed by atoms with Gasteiger partial charge in [0.25, 0.3) is 0 Å². The first-order chi connectivity index (χ1) is 7.29.